The highest BCUT2D eigenvalue weighted by Crippen LogP contribution is 2.35. The Morgan fingerprint density at radius 2 is 2.04 bits per heavy atom. The number of carboxylic acids is 1. The molecule has 1 aliphatic carbocycles. The van der Waals surface area contributed by atoms with Crippen molar-refractivity contribution >= 4 is 22.8 Å². The van der Waals surface area contributed by atoms with E-state index in [2.05, 4.69) is 28.2 Å². The summed E-state index contributed by atoms with van der Waals surface area (Å²) in [5.41, 5.74) is 1.80. The van der Waals surface area contributed by atoms with E-state index in [1.165, 1.54) is 5.39 Å². The number of aromatic nitrogens is 1. The first-order chi connectivity index (χ1) is 11.0. The Balaban J connectivity index is 1.63. The van der Waals surface area contributed by atoms with Crippen LogP contribution in [-0.2, 0) is 23.1 Å². The van der Waals surface area contributed by atoms with E-state index in [1.807, 2.05) is 19.2 Å². The molecule has 0 radical (unpaired) electrons. The van der Waals surface area contributed by atoms with Gasteiger partial charge >= 0.3 is 5.97 Å². The SMILES string of the molecule is Cn1cc(CCC(=O)NC2(CC(=O)O)CCC2)c2ccccc21. The number of nitrogens with one attached hydrogen (secondary N) is 1. The van der Waals surface area contributed by atoms with Gasteiger partial charge in [-0.25, -0.2) is 0 Å². The van der Waals surface area contributed by atoms with E-state index in [1.54, 1.807) is 0 Å². The van der Waals surface area contributed by atoms with Crippen LogP contribution in [-0.4, -0.2) is 27.1 Å². The maximum absolute atomic E-state index is 12.2. The van der Waals surface area contributed by atoms with Crippen molar-refractivity contribution in [3.63, 3.8) is 0 Å². The molecule has 1 aromatic heterocycles. The molecule has 1 heterocycles. The maximum atomic E-state index is 12.2. The molecule has 1 aromatic carbocycles. The number of carbonyl (C=O) groups is 2. The molecule has 0 saturated heterocycles. The lowest BCUT2D eigenvalue weighted by atomic mass is 9.74. The Bertz CT molecular complexity index is 744. The second-order valence-corrected chi connectivity index (χ2v) is 6.53. The third-order valence-electron chi connectivity index (χ3n) is 4.81. The molecule has 1 amide bonds. The molecule has 1 aliphatic rings. The standard InChI is InChI=1S/C18H22N2O3/c1-20-12-13(14-5-2-3-6-15(14)20)7-8-16(21)19-18(9-4-10-18)11-17(22)23/h2-3,5-6,12H,4,7-11H2,1H3,(H,19,21)(H,22,23). The maximum Gasteiger partial charge on any atom is 0.305 e. The van der Waals surface area contributed by atoms with Gasteiger partial charge in [0.1, 0.15) is 0 Å². The van der Waals surface area contributed by atoms with Crippen molar-refractivity contribution in [2.75, 3.05) is 0 Å². The minimum Gasteiger partial charge on any atom is -0.481 e. The number of aliphatic carboxylic acids is 1. The van der Waals surface area contributed by atoms with Gasteiger partial charge in [0.05, 0.1) is 12.0 Å². The van der Waals surface area contributed by atoms with Crippen LogP contribution in [0, 0.1) is 0 Å². The fourth-order valence-electron chi connectivity index (χ4n) is 3.47. The summed E-state index contributed by atoms with van der Waals surface area (Å²) in [6, 6.07) is 8.14. The van der Waals surface area contributed by atoms with Crippen LogP contribution in [0.4, 0.5) is 0 Å². The quantitative estimate of drug-likeness (QED) is 0.861. The molecule has 122 valence electrons. The molecule has 0 aliphatic heterocycles. The molecule has 2 N–H and O–H groups in total. The third-order valence-corrected chi connectivity index (χ3v) is 4.81. The fourth-order valence-corrected chi connectivity index (χ4v) is 3.47. The zero-order chi connectivity index (χ0) is 16.4. The summed E-state index contributed by atoms with van der Waals surface area (Å²) >= 11 is 0. The number of carbonyl (C=O) groups excluding carboxylic acids is 1. The summed E-state index contributed by atoms with van der Waals surface area (Å²) in [7, 11) is 2.00. The van der Waals surface area contributed by atoms with E-state index in [0.29, 0.717) is 12.8 Å². The Morgan fingerprint density at radius 3 is 2.70 bits per heavy atom. The molecule has 0 spiro atoms. The minimum absolute atomic E-state index is 0.0208. The second-order valence-electron chi connectivity index (χ2n) is 6.53. The average molecular weight is 314 g/mol. The van der Waals surface area contributed by atoms with Gasteiger partial charge in [0.25, 0.3) is 0 Å². The minimum atomic E-state index is -0.848. The molecular weight excluding hydrogens is 292 g/mol. The molecule has 5 nitrogen and oxygen atoms in total. The van der Waals surface area contributed by atoms with Crippen molar-refractivity contribution in [1.82, 2.24) is 9.88 Å². The smallest absolute Gasteiger partial charge is 0.305 e. The van der Waals surface area contributed by atoms with Crippen LogP contribution in [0.5, 0.6) is 0 Å². The fraction of sp³-hybridized carbons (Fsp3) is 0.444. The number of aryl methyl sites for hydroxylation is 2. The van der Waals surface area contributed by atoms with Crippen molar-refractivity contribution in [2.45, 2.75) is 44.1 Å². The number of rotatable bonds is 6. The van der Waals surface area contributed by atoms with Gasteiger partial charge in [-0.1, -0.05) is 18.2 Å². The lowest BCUT2D eigenvalue weighted by Crippen LogP contribution is -2.54. The third kappa shape index (κ3) is 3.23. The number of hydrogen-bond donors (Lipinski definition) is 2. The van der Waals surface area contributed by atoms with E-state index >= 15 is 0 Å². The van der Waals surface area contributed by atoms with E-state index in [-0.39, 0.29) is 12.3 Å². The van der Waals surface area contributed by atoms with Crippen LogP contribution in [0.15, 0.2) is 30.5 Å². The van der Waals surface area contributed by atoms with Crippen LogP contribution >= 0.6 is 0 Å². The van der Waals surface area contributed by atoms with E-state index in [4.69, 9.17) is 5.11 Å². The van der Waals surface area contributed by atoms with Gasteiger partial charge in [0.2, 0.25) is 5.91 Å². The summed E-state index contributed by atoms with van der Waals surface area (Å²) in [5, 5.41) is 13.1. The van der Waals surface area contributed by atoms with Crippen LogP contribution in [0.1, 0.15) is 37.7 Å². The Hall–Kier alpha value is -2.30. The molecule has 3 rings (SSSR count). The molecule has 23 heavy (non-hydrogen) atoms. The number of nitrogens with zero attached hydrogens (tertiary/aromatic N) is 1. The molecule has 2 aromatic rings. The van der Waals surface area contributed by atoms with Gasteiger partial charge < -0.3 is 15.0 Å². The molecule has 5 heteroatoms. The highest BCUT2D eigenvalue weighted by atomic mass is 16.4. The molecule has 0 bridgehead atoms. The second kappa shape index (κ2) is 6.07. The molecule has 1 fully saturated rings. The zero-order valence-electron chi connectivity index (χ0n) is 13.3. The number of hydrogen-bond acceptors (Lipinski definition) is 2. The monoisotopic (exact) mass is 314 g/mol. The van der Waals surface area contributed by atoms with Crippen LogP contribution < -0.4 is 5.32 Å². The summed E-state index contributed by atoms with van der Waals surface area (Å²) in [6.07, 6.45) is 5.64. The first-order valence-electron chi connectivity index (χ1n) is 8.05. The topological polar surface area (TPSA) is 71.3 Å². The van der Waals surface area contributed by atoms with Gasteiger partial charge in [-0.15, -0.1) is 0 Å². The molecule has 0 atom stereocenters. The van der Waals surface area contributed by atoms with Crippen molar-refractivity contribution < 1.29 is 14.7 Å². The number of amides is 1. The highest BCUT2D eigenvalue weighted by Gasteiger charge is 2.40. The first kappa shape index (κ1) is 15.6. The van der Waals surface area contributed by atoms with Crippen LogP contribution in [0.3, 0.4) is 0 Å². The average Bonchev–Trinajstić information content (AvgIpc) is 2.79. The molecule has 0 unspecified atom stereocenters. The van der Waals surface area contributed by atoms with Crippen molar-refractivity contribution in [3.8, 4) is 0 Å². The summed E-state index contributed by atoms with van der Waals surface area (Å²) in [4.78, 5) is 23.2. The van der Waals surface area contributed by atoms with E-state index < -0.39 is 11.5 Å². The van der Waals surface area contributed by atoms with Gasteiger partial charge in [-0.05, 0) is 37.3 Å². The van der Waals surface area contributed by atoms with Crippen LogP contribution in [0.25, 0.3) is 10.9 Å². The lowest BCUT2D eigenvalue weighted by molar-refractivity contribution is -0.140. The summed E-state index contributed by atoms with van der Waals surface area (Å²) < 4.78 is 2.07. The normalized spacial score (nSPS) is 16.0. The molecule has 1 saturated carbocycles. The molecular formula is C18H22N2O3. The highest BCUT2D eigenvalue weighted by molar-refractivity contribution is 5.85. The predicted octanol–water partition coefficient (Wildman–Crippen LogP) is 2.62. The summed E-state index contributed by atoms with van der Waals surface area (Å²) in [5.74, 6) is -0.905. The summed E-state index contributed by atoms with van der Waals surface area (Å²) in [6.45, 7) is 0. The Morgan fingerprint density at radius 1 is 1.30 bits per heavy atom. The van der Waals surface area contributed by atoms with Crippen LogP contribution in [0.2, 0.25) is 0 Å². The predicted molar refractivity (Wildman–Crippen MR) is 88.2 cm³/mol. The first-order valence-corrected chi connectivity index (χ1v) is 8.05. The largest absolute Gasteiger partial charge is 0.481 e. The van der Waals surface area contributed by atoms with Gasteiger partial charge in [0.15, 0.2) is 0 Å². The number of fused-ring (bicyclic) bond motifs is 1. The van der Waals surface area contributed by atoms with E-state index in [9.17, 15) is 9.59 Å². The Labute approximate surface area is 135 Å². The van der Waals surface area contributed by atoms with Crippen molar-refractivity contribution in [2.24, 2.45) is 7.05 Å². The van der Waals surface area contributed by atoms with Crippen molar-refractivity contribution in [1.29, 1.82) is 0 Å². The van der Waals surface area contributed by atoms with Gasteiger partial charge in [0, 0.05) is 30.6 Å². The number of carboxylic acid groups (broad SMARTS) is 1. The number of benzene rings is 1. The van der Waals surface area contributed by atoms with Gasteiger partial charge in [-0.3, -0.25) is 9.59 Å². The van der Waals surface area contributed by atoms with Gasteiger partial charge in [-0.2, -0.15) is 0 Å². The van der Waals surface area contributed by atoms with E-state index in [0.717, 1.165) is 30.3 Å². The zero-order valence-corrected chi connectivity index (χ0v) is 13.3. The number of para-hydroxylation sites is 1. The van der Waals surface area contributed by atoms with Crippen molar-refractivity contribution in [3.05, 3.63) is 36.0 Å². The Kier molecular flexibility index (Phi) is 4.11. The lowest BCUT2D eigenvalue weighted by Gasteiger charge is -2.41.